The highest BCUT2D eigenvalue weighted by Gasteiger charge is 2.26. The van der Waals surface area contributed by atoms with E-state index in [9.17, 15) is 10.2 Å². The number of rotatable bonds is 3. The van der Waals surface area contributed by atoms with Crippen molar-refractivity contribution in [2.45, 2.75) is 46.5 Å². The lowest BCUT2D eigenvalue weighted by atomic mass is 9.90. The third kappa shape index (κ3) is 2.31. The van der Waals surface area contributed by atoms with Gasteiger partial charge in [0.25, 0.3) is 0 Å². The van der Waals surface area contributed by atoms with Crippen molar-refractivity contribution in [1.82, 2.24) is 4.57 Å². The molecule has 1 aliphatic rings. The Balaban J connectivity index is 2.04. The van der Waals surface area contributed by atoms with E-state index in [1.54, 1.807) is 4.57 Å². The first-order valence-corrected chi connectivity index (χ1v) is 7.91. The van der Waals surface area contributed by atoms with E-state index in [4.69, 9.17) is 0 Å². The summed E-state index contributed by atoms with van der Waals surface area (Å²) in [5, 5.41) is 21.1. The maximum absolute atomic E-state index is 10.6. The molecule has 0 unspecified atom stereocenters. The molecule has 0 spiro atoms. The summed E-state index contributed by atoms with van der Waals surface area (Å²) in [5.74, 6) is 0.338. The molecule has 0 radical (unpaired) electrons. The van der Waals surface area contributed by atoms with Gasteiger partial charge < -0.3 is 10.2 Å². The monoisotopic (exact) mass is 297 g/mol. The molecule has 0 aliphatic heterocycles. The second-order valence-electron chi connectivity index (χ2n) is 6.27. The van der Waals surface area contributed by atoms with Crippen molar-refractivity contribution < 1.29 is 10.2 Å². The second kappa shape index (κ2) is 5.56. The van der Waals surface area contributed by atoms with Crippen LogP contribution in [0.15, 0.2) is 35.4 Å². The molecule has 22 heavy (non-hydrogen) atoms. The van der Waals surface area contributed by atoms with Gasteiger partial charge in [0.05, 0.1) is 5.69 Å². The second-order valence-corrected chi connectivity index (χ2v) is 6.27. The van der Waals surface area contributed by atoms with Crippen LogP contribution in [0.4, 0.5) is 0 Å². The predicted molar refractivity (Wildman–Crippen MR) is 88.9 cm³/mol. The van der Waals surface area contributed by atoms with Gasteiger partial charge in [0.15, 0.2) is 0 Å². The molecule has 0 saturated carbocycles. The number of aromatic nitrogens is 1. The van der Waals surface area contributed by atoms with E-state index in [0.29, 0.717) is 12.8 Å². The van der Waals surface area contributed by atoms with Crippen LogP contribution in [0.5, 0.6) is 11.8 Å². The Kier molecular flexibility index (Phi) is 3.73. The Morgan fingerprint density at radius 3 is 1.86 bits per heavy atom. The summed E-state index contributed by atoms with van der Waals surface area (Å²) >= 11 is 0. The van der Waals surface area contributed by atoms with Crippen molar-refractivity contribution in [3.05, 3.63) is 52.1 Å². The highest BCUT2D eigenvalue weighted by atomic mass is 16.3. The van der Waals surface area contributed by atoms with Gasteiger partial charge in [-0.3, -0.25) is 4.57 Å². The fraction of sp³-hybridized carbons (Fsp3) is 0.368. The zero-order valence-corrected chi connectivity index (χ0v) is 13.5. The Hall–Kier alpha value is -2.16. The molecule has 3 rings (SSSR count). The first kappa shape index (κ1) is 14.8. The number of allylic oxidation sites excluding steroid dienone is 2. The van der Waals surface area contributed by atoms with Gasteiger partial charge in [-0.1, -0.05) is 36.6 Å². The lowest BCUT2D eigenvalue weighted by molar-refractivity contribution is 0.399. The van der Waals surface area contributed by atoms with Crippen LogP contribution in [0.1, 0.15) is 43.9 Å². The molecule has 2 aromatic rings. The van der Waals surface area contributed by atoms with Crippen LogP contribution in [-0.2, 0) is 19.3 Å². The maximum atomic E-state index is 10.6. The van der Waals surface area contributed by atoms with Crippen LogP contribution >= 0.6 is 0 Å². The number of hydrogen-bond donors (Lipinski definition) is 2. The summed E-state index contributed by atoms with van der Waals surface area (Å²) in [7, 11) is 0. The molecule has 1 aliphatic carbocycles. The summed E-state index contributed by atoms with van der Waals surface area (Å²) in [4.78, 5) is 0. The fourth-order valence-electron chi connectivity index (χ4n) is 3.19. The first-order valence-electron chi connectivity index (χ1n) is 7.91. The highest BCUT2D eigenvalue weighted by molar-refractivity contribution is 5.57. The van der Waals surface area contributed by atoms with Gasteiger partial charge in [-0.05, 0) is 50.8 Å². The average molecular weight is 297 g/mol. The van der Waals surface area contributed by atoms with Crippen molar-refractivity contribution in [2.24, 2.45) is 0 Å². The minimum atomic E-state index is 0.169. The van der Waals surface area contributed by atoms with Crippen LogP contribution in [0.25, 0.3) is 5.69 Å². The van der Waals surface area contributed by atoms with Crippen molar-refractivity contribution in [1.29, 1.82) is 0 Å². The van der Waals surface area contributed by atoms with Gasteiger partial charge in [0, 0.05) is 11.1 Å². The Labute approximate surface area is 131 Å². The van der Waals surface area contributed by atoms with Gasteiger partial charge in [-0.2, -0.15) is 0 Å². The highest BCUT2D eigenvalue weighted by Crippen LogP contribution is 2.42. The van der Waals surface area contributed by atoms with Crippen molar-refractivity contribution in [3.8, 4) is 17.4 Å². The fourth-order valence-corrected chi connectivity index (χ4v) is 3.19. The molecule has 1 aromatic heterocycles. The minimum absolute atomic E-state index is 0.169. The molecule has 0 bridgehead atoms. The van der Waals surface area contributed by atoms with Crippen LogP contribution in [-0.4, -0.2) is 14.8 Å². The number of hydrogen-bond acceptors (Lipinski definition) is 2. The summed E-state index contributed by atoms with van der Waals surface area (Å²) in [6.07, 6.45) is 3.57. The molecular weight excluding hydrogens is 274 g/mol. The molecule has 0 fully saturated rings. The minimum Gasteiger partial charge on any atom is -0.494 e. The third-order valence-corrected chi connectivity index (χ3v) is 4.67. The number of aromatic hydroxyl groups is 2. The van der Waals surface area contributed by atoms with E-state index < -0.39 is 0 Å². The normalized spacial score (nSPS) is 14.3. The zero-order valence-electron chi connectivity index (χ0n) is 13.5. The largest absolute Gasteiger partial charge is 0.494 e. The Bertz CT molecular complexity index is 698. The molecule has 0 atom stereocenters. The number of nitrogens with zero attached hydrogens (tertiary/aromatic N) is 1. The van der Waals surface area contributed by atoms with Gasteiger partial charge in [-0.25, -0.2) is 0 Å². The Morgan fingerprint density at radius 2 is 1.41 bits per heavy atom. The molecule has 1 aromatic carbocycles. The maximum Gasteiger partial charge on any atom is 0.202 e. The average Bonchev–Trinajstić information content (AvgIpc) is 2.73. The summed E-state index contributed by atoms with van der Waals surface area (Å²) in [6.45, 7) is 6.33. The van der Waals surface area contributed by atoms with Gasteiger partial charge in [-0.15, -0.1) is 0 Å². The van der Waals surface area contributed by atoms with Gasteiger partial charge in [0.1, 0.15) is 0 Å². The molecule has 3 nitrogen and oxygen atoms in total. The van der Waals surface area contributed by atoms with Crippen molar-refractivity contribution in [2.75, 3.05) is 0 Å². The number of fused-ring (bicyclic) bond motifs is 1. The smallest absolute Gasteiger partial charge is 0.202 e. The van der Waals surface area contributed by atoms with Gasteiger partial charge in [0.2, 0.25) is 11.8 Å². The lowest BCUT2D eigenvalue weighted by Gasteiger charge is -2.15. The first-order chi connectivity index (χ1) is 10.5. The van der Waals surface area contributed by atoms with Crippen LogP contribution in [0.3, 0.4) is 0 Å². The topological polar surface area (TPSA) is 45.4 Å². The lowest BCUT2D eigenvalue weighted by Crippen LogP contribution is -2.03. The Morgan fingerprint density at radius 1 is 0.909 bits per heavy atom. The predicted octanol–water partition coefficient (Wildman–Crippen LogP) is 4.28. The molecular formula is C19H23NO2. The molecule has 116 valence electrons. The summed E-state index contributed by atoms with van der Waals surface area (Å²) in [6, 6.07) is 8.04. The van der Waals surface area contributed by atoms with E-state index in [-0.39, 0.29) is 11.8 Å². The summed E-state index contributed by atoms with van der Waals surface area (Å²) < 4.78 is 1.56. The van der Waals surface area contributed by atoms with Crippen LogP contribution in [0, 0.1) is 0 Å². The molecule has 2 N–H and O–H groups in total. The van der Waals surface area contributed by atoms with E-state index in [1.165, 1.54) is 16.7 Å². The molecule has 3 heteroatoms. The standard InChI is InChI=1S/C19H23NO2/c1-4-5-14-6-8-15(9-7-14)20-18(21)16-10-12(2)13(3)11-17(16)19(20)22/h6-9,21-22H,4-5,10-11H2,1-3H3. The van der Waals surface area contributed by atoms with Crippen molar-refractivity contribution >= 4 is 0 Å². The van der Waals surface area contributed by atoms with Crippen LogP contribution in [0.2, 0.25) is 0 Å². The number of benzene rings is 1. The van der Waals surface area contributed by atoms with E-state index >= 15 is 0 Å². The van der Waals surface area contributed by atoms with Crippen molar-refractivity contribution in [3.63, 3.8) is 0 Å². The van der Waals surface area contributed by atoms with E-state index in [1.807, 2.05) is 12.1 Å². The van der Waals surface area contributed by atoms with E-state index in [0.717, 1.165) is 29.7 Å². The summed E-state index contributed by atoms with van der Waals surface area (Å²) in [5.41, 5.74) is 6.35. The molecule has 0 saturated heterocycles. The molecule has 1 heterocycles. The number of aryl methyl sites for hydroxylation is 1. The van der Waals surface area contributed by atoms with Gasteiger partial charge >= 0.3 is 0 Å². The van der Waals surface area contributed by atoms with E-state index in [2.05, 4.69) is 32.9 Å². The third-order valence-electron chi connectivity index (χ3n) is 4.67. The quantitative estimate of drug-likeness (QED) is 0.831. The molecule has 0 amide bonds. The SMILES string of the molecule is CCCc1ccc(-n2c(O)c3c(c2O)CC(C)=C(C)C3)cc1. The zero-order chi connectivity index (χ0) is 15.9. The van der Waals surface area contributed by atoms with Crippen LogP contribution < -0.4 is 0 Å².